The van der Waals surface area contributed by atoms with E-state index >= 15 is 0 Å². The summed E-state index contributed by atoms with van der Waals surface area (Å²) in [5.74, 6) is 0.556. The van der Waals surface area contributed by atoms with Gasteiger partial charge in [0.05, 0.1) is 28.5 Å². The van der Waals surface area contributed by atoms with Gasteiger partial charge in [0, 0.05) is 30.1 Å². The molecule has 34 heavy (non-hydrogen) atoms. The second-order valence-corrected chi connectivity index (χ2v) is 10.0. The first-order valence-electron chi connectivity index (χ1n) is 11.7. The molecule has 1 saturated heterocycles. The van der Waals surface area contributed by atoms with E-state index < -0.39 is 5.97 Å². The lowest BCUT2D eigenvalue weighted by Crippen LogP contribution is -2.36. The molecule has 0 atom stereocenters. The number of carbonyl (C=O) groups is 1. The summed E-state index contributed by atoms with van der Waals surface area (Å²) in [6.07, 6.45) is 4.33. The van der Waals surface area contributed by atoms with Gasteiger partial charge in [0.15, 0.2) is 5.13 Å². The van der Waals surface area contributed by atoms with Gasteiger partial charge in [-0.25, -0.2) is 9.78 Å². The third-order valence-corrected chi connectivity index (χ3v) is 7.69. The van der Waals surface area contributed by atoms with Gasteiger partial charge in [-0.15, -0.1) is 0 Å². The zero-order valence-electron chi connectivity index (χ0n) is 18.6. The van der Waals surface area contributed by atoms with E-state index in [0.717, 1.165) is 76.7 Å². The Bertz CT molecular complexity index is 1320. The third kappa shape index (κ3) is 4.19. The summed E-state index contributed by atoms with van der Waals surface area (Å²) in [7, 11) is 0. The highest BCUT2D eigenvalue weighted by molar-refractivity contribution is 7.22. The van der Waals surface area contributed by atoms with Crippen molar-refractivity contribution in [3.05, 3.63) is 65.4 Å². The largest absolute Gasteiger partial charge is 0.478 e. The van der Waals surface area contributed by atoms with Crippen LogP contribution in [0.4, 0.5) is 5.13 Å². The maximum absolute atomic E-state index is 11.2. The number of hydrogen-bond donors (Lipinski definition) is 1. The predicted molar refractivity (Wildman–Crippen MR) is 131 cm³/mol. The SMILES string of the molecule is O=C(O)c1ccc2nc(N3CCC(OCc4c(-c5ccccc5)noc4C4CC4)CC3)sc2c1. The summed E-state index contributed by atoms with van der Waals surface area (Å²) in [6, 6.07) is 15.3. The van der Waals surface area contributed by atoms with Crippen LogP contribution in [0.2, 0.25) is 0 Å². The molecule has 1 aliphatic carbocycles. The molecule has 2 aromatic carbocycles. The average Bonchev–Trinajstić information content (AvgIpc) is 3.48. The molecule has 4 aromatic rings. The van der Waals surface area contributed by atoms with E-state index in [1.807, 2.05) is 18.2 Å². The Morgan fingerprint density at radius 2 is 1.91 bits per heavy atom. The average molecular weight is 476 g/mol. The number of aromatic carboxylic acids is 1. The first-order chi connectivity index (χ1) is 16.7. The highest BCUT2D eigenvalue weighted by Gasteiger charge is 2.33. The number of nitrogens with zero attached hydrogens (tertiary/aromatic N) is 3. The molecule has 0 radical (unpaired) electrons. The summed E-state index contributed by atoms with van der Waals surface area (Å²) >= 11 is 1.55. The second kappa shape index (κ2) is 8.85. The molecule has 8 heteroatoms. The molecule has 1 saturated carbocycles. The topological polar surface area (TPSA) is 88.7 Å². The van der Waals surface area contributed by atoms with Crippen molar-refractivity contribution >= 4 is 32.7 Å². The maximum Gasteiger partial charge on any atom is 0.335 e. The molecule has 7 nitrogen and oxygen atoms in total. The van der Waals surface area contributed by atoms with E-state index in [2.05, 4.69) is 22.2 Å². The van der Waals surface area contributed by atoms with Crippen LogP contribution < -0.4 is 4.90 Å². The van der Waals surface area contributed by atoms with Crippen molar-refractivity contribution in [1.82, 2.24) is 10.1 Å². The number of rotatable bonds is 7. The minimum atomic E-state index is -0.914. The lowest BCUT2D eigenvalue weighted by molar-refractivity contribution is 0.0246. The number of carboxylic acid groups (broad SMARTS) is 1. The Kier molecular flexibility index (Phi) is 5.55. The number of hydrogen-bond acceptors (Lipinski definition) is 7. The third-order valence-electron chi connectivity index (χ3n) is 6.61. The molecule has 3 heterocycles. The standard InChI is InChI=1S/C26H25N3O4S/c30-25(31)18-8-9-21-22(14-18)34-26(27-21)29-12-10-19(11-13-29)32-15-20-23(16-4-2-1-3-5-16)28-33-24(20)17-6-7-17/h1-5,8-9,14,17,19H,6-7,10-13,15H2,(H,30,31). The van der Waals surface area contributed by atoms with Crippen LogP contribution in [0, 0.1) is 0 Å². The summed E-state index contributed by atoms with van der Waals surface area (Å²) in [4.78, 5) is 18.2. The molecular formula is C26H25N3O4S. The number of anilines is 1. The van der Waals surface area contributed by atoms with Crippen LogP contribution in [0.3, 0.4) is 0 Å². The Morgan fingerprint density at radius 3 is 2.65 bits per heavy atom. The van der Waals surface area contributed by atoms with Crippen molar-refractivity contribution in [3.8, 4) is 11.3 Å². The van der Waals surface area contributed by atoms with Crippen molar-refractivity contribution in [2.24, 2.45) is 0 Å². The van der Waals surface area contributed by atoms with E-state index in [0.29, 0.717) is 18.1 Å². The number of carboxylic acids is 1. The molecule has 0 bridgehead atoms. The Morgan fingerprint density at radius 1 is 1.12 bits per heavy atom. The zero-order valence-corrected chi connectivity index (χ0v) is 19.5. The zero-order chi connectivity index (χ0) is 23.1. The van der Waals surface area contributed by atoms with Crippen molar-refractivity contribution in [3.63, 3.8) is 0 Å². The van der Waals surface area contributed by atoms with Crippen LogP contribution in [0.5, 0.6) is 0 Å². The van der Waals surface area contributed by atoms with E-state index in [1.54, 1.807) is 29.5 Å². The fraction of sp³-hybridized carbons (Fsp3) is 0.346. The van der Waals surface area contributed by atoms with Gasteiger partial charge in [0.1, 0.15) is 11.5 Å². The van der Waals surface area contributed by atoms with Crippen molar-refractivity contribution in [2.75, 3.05) is 18.0 Å². The minimum Gasteiger partial charge on any atom is -0.478 e. The van der Waals surface area contributed by atoms with E-state index in [1.165, 1.54) is 0 Å². The van der Waals surface area contributed by atoms with Gasteiger partial charge in [-0.3, -0.25) is 0 Å². The molecule has 6 rings (SSSR count). The number of piperidine rings is 1. The van der Waals surface area contributed by atoms with Crippen LogP contribution in [-0.2, 0) is 11.3 Å². The van der Waals surface area contributed by atoms with Crippen LogP contribution in [-0.4, -0.2) is 40.4 Å². The maximum atomic E-state index is 11.2. The van der Waals surface area contributed by atoms with Crippen LogP contribution in [0.1, 0.15) is 53.3 Å². The number of ether oxygens (including phenoxy) is 1. The monoisotopic (exact) mass is 475 g/mol. The van der Waals surface area contributed by atoms with E-state index in [4.69, 9.17) is 14.2 Å². The normalized spacial score (nSPS) is 16.9. The van der Waals surface area contributed by atoms with Gasteiger partial charge >= 0.3 is 5.97 Å². The van der Waals surface area contributed by atoms with Crippen molar-refractivity contribution < 1.29 is 19.2 Å². The molecular weight excluding hydrogens is 450 g/mol. The Labute approximate surface area is 201 Å². The minimum absolute atomic E-state index is 0.176. The Hall–Kier alpha value is -3.23. The molecule has 2 fully saturated rings. The molecule has 2 aromatic heterocycles. The molecule has 1 N–H and O–H groups in total. The van der Waals surface area contributed by atoms with E-state index in [-0.39, 0.29) is 6.10 Å². The fourth-order valence-corrected chi connectivity index (χ4v) is 5.60. The first kappa shape index (κ1) is 21.3. The van der Waals surface area contributed by atoms with Crippen LogP contribution in [0.15, 0.2) is 53.1 Å². The Balaban J connectivity index is 1.11. The first-order valence-corrected chi connectivity index (χ1v) is 12.5. The molecule has 0 amide bonds. The van der Waals surface area contributed by atoms with Gasteiger partial charge in [-0.05, 0) is 43.9 Å². The van der Waals surface area contributed by atoms with Gasteiger partial charge < -0.3 is 19.3 Å². The summed E-state index contributed by atoms with van der Waals surface area (Å²) in [5, 5.41) is 14.6. The van der Waals surface area contributed by atoms with Crippen molar-refractivity contribution in [1.29, 1.82) is 0 Å². The van der Waals surface area contributed by atoms with Gasteiger partial charge in [-0.2, -0.15) is 0 Å². The highest BCUT2D eigenvalue weighted by Crippen LogP contribution is 2.44. The number of thiazole rings is 1. The number of aromatic nitrogens is 2. The summed E-state index contributed by atoms with van der Waals surface area (Å²) in [6.45, 7) is 2.24. The van der Waals surface area contributed by atoms with Gasteiger partial charge in [0.25, 0.3) is 0 Å². The summed E-state index contributed by atoms with van der Waals surface area (Å²) in [5.41, 5.74) is 4.20. The molecule has 0 unspecified atom stereocenters. The lowest BCUT2D eigenvalue weighted by Gasteiger charge is -2.31. The van der Waals surface area contributed by atoms with Crippen LogP contribution >= 0.6 is 11.3 Å². The lowest BCUT2D eigenvalue weighted by atomic mass is 10.0. The quantitative estimate of drug-likeness (QED) is 0.366. The molecule has 2 aliphatic rings. The van der Waals surface area contributed by atoms with E-state index in [9.17, 15) is 9.90 Å². The fourth-order valence-electron chi connectivity index (χ4n) is 4.55. The van der Waals surface area contributed by atoms with Crippen molar-refractivity contribution in [2.45, 2.75) is 44.3 Å². The predicted octanol–water partition coefficient (Wildman–Crippen LogP) is 5.71. The number of fused-ring (bicyclic) bond motifs is 1. The smallest absolute Gasteiger partial charge is 0.335 e. The molecule has 0 spiro atoms. The molecule has 174 valence electrons. The van der Waals surface area contributed by atoms with Gasteiger partial charge in [0.2, 0.25) is 0 Å². The number of benzene rings is 2. The van der Waals surface area contributed by atoms with Crippen LogP contribution in [0.25, 0.3) is 21.5 Å². The van der Waals surface area contributed by atoms with Gasteiger partial charge in [-0.1, -0.05) is 46.8 Å². The second-order valence-electron chi connectivity index (χ2n) is 9.00. The molecule has 1 aliphatic heterocycles. The summed E-state index contributed by atoms with van der Waals surface area (Å²) < 4.78 is 13.0. The highest BCUT2D eigenvalue weighted by atomic mass is 32.1.